The second-order valence-corrected chi connectivity index (χ2v) is 12.6. The van der Waals surface area contributed by atoms with Crippen LogP contribution in [0.1, 0.15) is 25.0 Å². The molecular weight excluding hydrogens is 502 g/mol. The molecule has 0 unspecified atom stereocenters. The lowest BCUT2D eigenvalue weighted by atomic mass is 9.81. The smallest absolute Gasteiger partial charge is 0.0722 e. The Hall–Kier alpha value is -4.53. The van der Waals surface area contributed by atoms with Crippen molar-refractivity contribution in [2.75, 3.05) is 0 Å². The van der Waals surface area contributed by atoms with E-state index in [-0.39, 0.29) is 5.41 Å². The summed E-state index contributed by atoms with van der Waals surface area (Å²) in [7, 11) is 0. The van der Waals surface area contributed by atoms with Gasteiger partial charge in [0.05, 0.1) is 11.0 Å². The summed E-state index contributed by atoms with van der Waals surface area (Å²) in [5.74, 6) is 0. The van der Waals surface area contributed by atoms with Crippen molar-refractivity contribution in [3.8, 4) is 11.1 Å². The summed E-state index contributed by atoms with van der Waals surface area (Å²) < 4.78 is 2.65. The van der Waals surface area contributed by atoms with Crippen LogP contribution in [0.3, 0.4) is 0 Å². The molecular formula is C38H25NS. The first kappa shape index (κ1) is 22.3. The minimum atomic E-state index is -0.0611. The Bertz CT molecular complexity index is 2410. The van der Waals surface area contributed by atoms with E-state index in [4.69, 9.17) is 4.98 Å². The fourth-order valence-electron chi connectivity index (χ4n) is 7.12. The zero-order valence-corrected chi connectivity index (χ0v) is 23.1. The van der Waals surface area contributed by atoms with Crippen LogP contribution < -0.4 is 0 Å². The van der Waals surface area contributed by atoms with E-state index in [9.17, 15) is 0 Å². The molecule has 0 amide bonds. The molecule has 0 saturated heterocycles. The SMILES string of the molecule is CC1(C)c2ccc3cc2c2c1cccc2c1cc(-c2cccc4sc5ccccc5c24)cc(n1)c1ccccc31. The van der Waals surface area contributed by atoms with E-state index in [2.05, 4.69) is 129 Å². The Morgan fingerprint density at radius 1 is 0.525 bits per heavy atom. The molecule has 0 fully saturated rings. The lowest BCUT2D eigenvalue weighted by Crippen LogP contribution is -2.15. The van der Waals surface area contributed by atoms with E-state index in [0.29, 0.717) is 0 Å². The van der Waals surface area contributed by atoms with Gasteiger partial charge in [0.2, 0.25) is 0 Å². The number of rotatable bonds is 1. The van der Waals surface area contributed by atoms with Crippen LogP contribution in [-0.4, -0.2) is 4.98 Å². The molecule has 0 spiro atoms. The molecule has 9 rings (SSSR count). The molecule has 0 N–H and O–H groups in total. The summed E-state index contributed by atoms with van der Waals surface area (Å²) in [6.07, 6.45) is 0. The molecule has 1 aliphatic carbocycles. The second kappa shape index (κ2) is 7.78. The van der Waals surface area contributed by atoms with E-state index >= 15 is 0 Å². The van der Waals surface area contributed by atoms with Crippen LogP contribution >= 0.6 is 11.3 Å². The number of pyridine rings is 1. The topological polar surface area (TPSA) is 12.9 Å². The number of fused-ring (bicyclic) bond motifs is 10. The first-order valence-corrected chi connectivity index (χ1v) is 14.7. The molecule has 4 bridgehead atoms. The van der Waals surface area contributed by atoms with Gasteiger partial charge in [0.15, 0.2) is 0 Å². The highest BCUT2D eigenvalue weighted by molar-refractivity contribution is 7.25. The zero-order chi connectivity index (χ0) is 26.6. The third-order valence-corrected chi connectivity index (χ3v) is 10.2. The van der Waals surface area contributed by atoms with Gasteiger partial charge in [-0.3, -0.25) is 0 Å². The Balaban J connectivity index is 1.54. The molecule has 1 nitrogen and oxygen atoms in total. The predicted molar refractivity (Wildman–Crippen MR) is 174 cm³/mol. The standard InChI is InChI=1S/C38H25NS/c1-38(2)30-18-17-22-19-29(30)36-27(13-7-14-31(36)38)33-21-23(20-32(39-33)26-10-4-3-9-24(22)26)25-12-8-16-35-37(25)28-11-5-6-15-34(28)40-35/h3-21H,1-2H3. The van der Waals surface area contributed by atoms with Gasteiger partial charge in [-0.2, -0.15) is 0 Å². The molecule has 0 saturated carbocycles. The highest BCUT2D eigenvalue weighted by atomic mass is 32.1. The maximum Gasteiger partial charge on any atom is 0.0722 e. The van der Waals surface area contributed by atoms with Gasteiger partial charge in [-0.1, -0.05) is 98.8 Å². The highest BCUT2D eigenvalue weighted by Crippen LogP contribution is 2.48. The quantitative estimate of drug-likeness (QED) is 0.207. The van der Waals surface area contributed by atoms with Gasteiger partial charge in [-0.05, 0) is 74.1 Å². The molecule has 2 heteroatoms. The average molecular weight is 528 g/mol. The fourth-order valence-corrected chi connectivity index (χ4v) is 8.25. The first-order valence-electron chi connectivity index (χ1n) is 13.9. The van der Waals surface area contributed by atoms with Crippen molar-refractivity contribution in [2.24, 2.45) is 0 Å². The molecule has 40 heavy (non-hydrogen) atoms. The van der Waals surface area contributed by atoms with E-state index < -0.39 is 0 Å². The Labute approximate surface area is 236 Å². The fraction of sp³-hybridized carbons (Fsp3) is 0.0789. The molecule has 3 heterocycles. The molecule has 5 aromatic carbocycles. The van der Waals surface area contributed by atoms with Crippen LogP contribution in [0.2, 0.25) is 0 Å². The number of nitrogens with zero attached hydrogens (tertiary/aromatic N) is 1. The van der Waals surface area contributed by atoms with Crippen LogP contribution in [0.25, 0.3) is 74.6 Å². The molecule has 0 radical (unpaired) electrons. The number of thiophene rings is 1. The minimum Gasteiger partial charge on any atom is -0.248 e. The summed E-state index contributed by atoms with van der Waals surface area (Å²) in [5, 5.41) is 10.2. The summed E-state index contributed by atoms with van der Waals surface area (Å²) >= 11 is 1.87. The third kappa shape index (κ3) is 2.89. The monoisotopic (exact) mass is 527 g/mol. The van der Waals surface area contributed by atoms with Crippen molar-refractivity contribution in [3.63, 3.8) is 0 Å². The summed E-state index contributed by atoms with van der Waals surface area (Å²) in [5.41, 5.74) is 7.24. The molecule has 188 valence electrons. The number of hydrogen-bond acceptors (Lipinski definition) is 2. The maximum absolute atomic E-state index is 5.40. The highest BCUT2D eigenvalue weighted by Gasteiger charge is 2.32. The molecule has 0 atom stereocenters. The van der Waals surface area contributed by atoms with Gasteiger partial charge in [0, 0.05) is 36.4 Å². The van der Waals surface area contributed by atoms with Gasteiger partial charge in [-0.25, -0.2) is 4.98 Å². The van der Waals surface area contributed by atoms with Crippen molar-refractivity contribution in [1.82, 2.24) is 4.98 Å². The van der Waals surface area contributed by atoms with Gasteiger partial charge < -0.3 is 0 Å². The van der Waals surface area contributed by atoms with Crippen molar-refractivity contribution >= 4 is 74.9 Å². The molecule has 0 aliphatic heterocycles. The predicted octanol–water partition coefficient (Wildman–Crippen LogP) is 10.9. The van der Waals surface area contributed by atoms with Gasteiger partial charge in [0.1, 0.15) is 0 Å². The van der Waals surface area contributed by atoms with Crippen molar-refractivity contribution in [2.45, 2.75) is 19.3 Å². The number of benzene rings is 5. The van der Waals surface area contributed by atoms with Crippen LogP contribution in [0, 0.1) is 0 Å². The normalized spacial score (nSPS) is 13.9. The van der Waals surface area contributed by atoms with Crippen LogP contribution in [0.15, 0.2) is 115 Å². The van der Waals surface area contributed by atoms with Gasteiger partial charge in [-0.15, -0.1) is 11.3 Å². The van der Waals surface area contributed by atoms with Crippen LogP contribution in [-0.2, 0) is 5.41 Å². The van der Waals surface area contributed by atoms with Crippen molar-refractivity contribution in [1.29, 1.82) is 0 Å². The van der Waals surface area contributed by atoms with Crippen molar-refractivity contribution in [3.05, 3.63) is 126 Å². The van der Waals surface area contributed by atoms with Gasteiger partial charge in [0.25, 0.3) is 0 Å². The Kier molecular flexibility index (Phi) is 4.34. The van der Waals surface area contributed by atoms with Gasteiger partial charge >= 0.3 is 0 Å². The summed E-state index contributed by atoms with van der Waals surface area (Å²) in [6.45, 7) is 4.71. The summed E-state index contributed by atoms with van der Waals surface area (Å²) in [6, 6.07) is 42.7. The average Bonchev–Trinajstić information content (AvgIpc) is 3.49. The second-order valence-electron chi connectivity index (χ2n) is 11.6. The molecule has 8 aromatic rings. The van der Waals surface area contributed by atoms with Crippen molar-refractivity contribution < 1.29 is 0 Å². The Morgan fingerprint density at radius 3 is 2.10 bits per heavy atom. The first-order chi connectivity index (χ1) is 19.6. The number of aromatic nitrogens is 1. The number of hydrogen-bond donors (Lipinski definition) is 0. The van der Waals surface area contributed by atoms with Crippen LogP contribution in [0.4, 0.5) is 0 Å². The lowest BCUT2D eigenvalue weighted by Gasteiger charge is -2.21. The largest absolute Gasteiger partial charge is 0.248 e. The van der Waals surface area contributed by atoms with Crippen LogP contribution in [0.5, 0.6) is 0 Å². The molecule has 3 aromatic heterocycles. The molecule has 1 aliphatic rings. The van der Waals surface area contributed by atoms with E-state index in [1.165, 1.54) is 74.7 Å². The summed E-state index contributed by atoms with van der Waals surface area (Å²) in [4.78, 5) is 5.40. The minimum absolute atomic E-state index is 0.0611. The zero-order valence-electron chi connectivity index (χ0n) is 22.3. The maximum atomic E-state index is 5.40. The Morgan fingerprint density at radius 2 is 1.23 bits per heavy atom. The van der Waals surface area contributed by atoms with E-state index in [0.717, 1.165) is 11.0 Å². The third-order valence-electron chi connectivity index (χ3n) is 9.03. The van der Waals surface area contributed by atoms with E-state index in [1.807, 2.05) is 11.3 Å². The van der Waals surface area contributed by atoms with E-state index in [1.54, 1.807) is 0 Å². The lowest BCUT2D eigenvalue weighted by molar-refractivity contribution is 0.662.